The number of carbonyl (C=O) groups excluding carboxylic acids is 2. The van der Waals surface area contributed by atoms with E-state index in [0.717, 1.165) is 4.31 Å². The third-order valence-corrected chi connectivity index (χ3v) is 6.82. The molecular formula is C20H20ClFN2O5S. The number of nitrogens with zero attached hydrogens (tertiary/aromatic N) is 1. The zero-order chi connectivity index (χ0) is 21.7. The van der Waals surface area contributed by atoms with Crippen LogP contribution in [0.25, 0.3) is 0 Å². The molecule has 7 nitrogen and oxygen atoms in total. The van der Waals surface area contributed by atoms with Gasteiger partial charge in [0.05, 0.1) is 4.90 Å². The molecule has 160 valence electrons. The highest BCUT2D eigenvalue weighted by molar-refractivity contribution is 7.89. The first-order valence-corrected chi connectivity index (χ1v) is 11.0. The van der Waals surface area contributed by atoms with Crippen molar-refractivity contribution in [2.24, 2.45) is 0 Å². The second-order valence-corrected chi connectivity index (χ2v) is 9.07. The van der Waals surface area contributed by atoms with E-state index < -0.39 is 34.5 Å². The minimum Gasteiger partial charge on any atom is -0.454 e. The van der Waals surface area contributed by atoms with E-state index in [2.05, 4.69) is 5.32 Å². The normalized spacial score (nSPS) is 16.9. The number of benzene rings is 2. The molecule has 1 saturated heterocycles. The van der Waals surface area contributed by atoms with Gasteiger partial charge in [0.2, 0.25) is 10.0 Å². The van der Waals surface area contributed by atoms with Gasteiger partial charge in [0.15, 0.2) is 6.61 Å². The monoisotopic (exact) mass is 454 g/mol. The molecule has 1 aliphatic heterocycles. The maximum absolute atomic E-state index is 12.9. The van der Waals surface area contributed by atoms with E-state index >= 15 is 0 Å². The third-order valence-electron chi connectivity index (χ3n) is 4.64. The molecule has 0 saturated carbocycles. The van der Waals surface area contributed by atoms with E-state index in [4.69, 9.17) is 16.3 Å². The quantitative estimate of drug-likeness (QED) is 0.649. The van der Waals surface area contributed by atoms with Gasteiger partial charge in [-0.2, -0.15) is 4.31 Å². The predicted molar refractivity (Wildman–Crippen MR) is 108 cm³/mol. The number of sulfonamides is 1. The lowest BCUT2D eigenvalue weighted by atomic mass is 10.2. The summed E-state index contributed by atoms with van der Waals surface area (Å²) < 4.78 is 44.7. The fourth-order valence-corrected chi connectivity index (χ4v) is 4.86. The summed E-state index contributed by atoms with van der Waals surface area (Å²) >= 11 is 5.81. The van der Waals surface area contributed by atoms with Crippen LogP contribution in [-0.2, 0) is 30.9 Å². The van der Waals surface area contributed by atoms with Crippen molar-refractivity contribution < 1.29 is 27.1 Å². The van der Waals surface area contributed by atoms with Crippen LogP contribution >= 0.6 is 11.6 Å². The fourth-order valence-electron chi connectivity index (χ4n) is 3.09. The number of esters is 1. The van der Waals surface area contributed by atoms with Gasteiger partial charge in [-0.05, 0) is 54.8 Å². The van der Waals surface area contributed by atoms with Gasteiger partial charge in [-0.25, -0.2) is 12.8 Å². The molecule has 1 fully saturated rings. The average Bonchev–Trinajstić information content (AvgIpc) is 3.23. The second kappa shape index (κ2) is 9.55. The summed E-state index contributed by atoms with van der Waals surface area (Å²) in [6, 6.07) is 10.3. The molecule has 3 rings (SSSR count). The molecule has 10 heteroatoms. The SMILES string of the molecule is O=C(COC(=O)[C@@H]1CCCN1S(=O)(=O)c1ccc(Cl)cc1)NCc1ccc(F)cc1. The van der Waals surface area contributed by atoms with Crippen molar-refractivity contribution in [2.75, 3.05) is 13.2 Å². The van der Waals surface area contributed by atoms with Crippen LogP contribution in [0.4, 0.5) is 4.39 Å². The maximum atomic E-state index is 12.9. The zero-order valence-electron chi connectivity index (χ0n) is 15.9. The Bertz CT molecular complexity index is 1010. The predicted octanol–water partition coefficient (Wildman–Crippen LogP) is 2.49. The zero-order valence-corrected chi connectivity index (χ0v) is 17.5. The van der Waals surface area contributed by atoms with Crippen molar-refractivity contribution in [3.05, 3.63) is 64.9 Å². The Morgan fingerprint density at radius 3 is 2.47 bits per heavy atom. The molecule has 0 unspecified atom stereocenters. The van der Waals surface area contributed by atoms with Gasteiger partial charge < -0.3 is 10.1 Å². The second-order valence-electron chi connectivity index (χ2n) is 6.74. The molecule has 0 radical (unpaired) electrons. The number of rotatable bonds is 7. The van der Waals surface area contributed by atoms with Gasteiger partial charge >= 0.3 is 5.97 Å². The van der Waals surface area contributed by atoms with Gasteiger partial charge in [0.1, 0.15) is 11.9 Å². The molecule has 2 aromatic rings. The first kappa shape index (κ1) is 22.2. The Balaban J connectivity index is 1.55. The lowest BCUT2D eigenvalue weighted by Gasteiger charge is -2.22. The van der Waals surface area contributed by atoms with Crippen LogP contribution in [0, 0.1) is 5.82 Å². The van der Waals surface area contributed by atoms with Crippen LogP contribution in [0.2, 0.25) is 5.02 Å². The molecular weight excluding hydrogens is 435 g/mol. The Morgan fingerprint density at radius 1 is 1.13 bits per heavy atom. The fraction of sp³-hybridized carbons (Fsp3) is 0.300. The number of hydrogen-bond acceptors (Lipinski definition) is 5. The summed E-state index contributed by atoms with van der Waals surface area (Å²) in [6.45, 7) is -0.204. The number of carbonyl (C=O) groups is 2. The van der Waals surface area contributed by atoms with Gasteiger partial charge in [-0.1, -0.05) is 23.7 Å². The summed E-state index contributed by atoms with van der Waals surface area (Å²) in [7, 11) is -3.90. The molecule has 1 amide bonds. The van der Waals surface area contributed by atoms with E-state index in [1.165, 1.54) is 48.5 Å². The van der Waals surface area contributed by atoms with Crippen molar-refractivity contribution in [3.63, 3.8) is 0 Å². The van der Waals surface area contributed by atoms with Crippen LogP contribution in [0.5, 0.6) is 0 Å². The highest BCUT2D eigenvalue weighted by Gasteiger charge is 2.40. The number of nitrogens with one attached hydrogen (secondary N) is 1. The van der Waals surface area contributed by atoms with Crippen LogP contribution in [0.1, 0.15) is 18.4 Å². The van der Waals surface area contributed by atoms with Gasteiger partial charge in [-0.3, -0.25) is 9.59 Å². The van der Waals surface area contributed by atoms with E-state index in [1.807, 2.05) is 0 Å². The van der Waals surface area contributed by atoms with E-state index in [-0.39, 0.29) is 23.8 Å². The van der Waals surface area contributed by atoms with Crippen LogP contribution in [-0.4, -0.2) is 43.8 Å². The summed E-state index contributed by atoms with van der Waals surface area (Å²) in [5, 5.41) is 2.95. The maximum Gasteiger partial charge on any atom is 0.324 e. The topological polar surface area (TPSA) is 92.8 Å². The molecule has 0 aliphatic carbocycles. The summed E-state index contributed by atoms with van der Waals surface area (Å²) in [4.78, 5) is 24.4. The van der Waals surface area contributed by atoms with Crippen molar-refractivity contribution in [3.8, 4) is 0 Å². The minimum atomic E-state index is -3.90. The Morgan fingerprint density at radius 2 is 1.80 bits per heavy atom. The first-order chi connectivity index (χ1) is 14.3. The summed E-state index contributed by atoms with van der Waals surface area (Å²) in [6.07, 6.45) is 0.812. The van der Waals surface area contributed by atoms with Crippen LogP contribution in [0.3, 0.4) is 0 Å². The molecule has 2 aromatic carbocycles. The van der Waals surface area contributed by atoms with E-state index in [0.29, 0.717) is 23.4 Å². The van der Waals surface area contributed by atoms with E-state index in [9.17, 15) is 22.4 Å². The average molecular weight is 455 g/mol. The lowest BCUT2D eigenvalue weighted by Crippen LogP contribution is -2.42. The van der Waals surface area contributed by atoms with Crippen molar-refractivity contribution in [1.82, 2.24) is 9.62 Å². The standard InChI is InChI=1S/C20H20ClFN2O5S/c21-15-5-9-17(10-6-15)30(27,28)24-11-1-2-18(24)20(26)29-13-19(25)23-12-14-3-7-16(22)8-4-14/h3-10,18H,1-2,11-13H2,(H,23,25)/t18-/m0/s1. The van der Waals surface area contributed by atoms with Crippen LogP contribution in [0.15, 0.2) is 53.4 Å². The summed E-state index contributed by atoms with van der Waals surface area (Å²) in [5.74, 6) is -1.70. The molecule has 0 bridgehead atoms. The molecule has 30 heavy (non-hydrogen) atoms. The highest BCUT2D eigenvalue weighted by Crippen LogP contribution is 2.27. The van der Waals surface area contributed by atoms with Crippen LogP contribution < -0.4 is 5.32 Å². The molecule has 1 atom stereocenters. The molecule has 1 N–H and O–H groups in total. The molecule has 1 heterocycles. The first-order valence-electron chi connectivity index (χ1n) is 9.22. The Kier molecular flexibility index (Phi) is 7.06. The van der Waals surface area contributed by atoms with Crippen molar-refractivity contribution in [2.45, 2.75) is 30.3 Å². The molecule has 0 aromatic heterocycles. The largest absolute Gasteiger partial charge is 0.454 e. The summed E-state index contributed by atoms with van der Waals surface area (Å²) in [5.41, 5.74) is 0.687. The number of ether oxygens (including phenoxy) is 1. The van der Waals surface area contributed by atoms with Crippen molar-refractivity contribution >= 4 is 33.5 Å². The smallest absolute Gasteiger partial charge is 0.324 e. The molecule has 0 spiro atoms. The van der Waals surface area contributed by atoms with Gasteiger partial charge in [-0.15, -0.1) is 0 Å². The number of hydrogen-bond donors (Lipinski definition) is 1. The van der Waals surface area contributed by atoms with Gasteiger partial charge in [0, 0.05) is 18.1 Å². The third kappa shape index (κ3) is 5.35. The molecule has 1 aliphatic rings. The number of halogens is 2. The Hall–Kier alpha value is -2.49. The number of amides is 1. The van der Waals surface area contributed by atoms with Crippen molar-refractivity contribution in [1.29, 1.82) is 0 Å². The Labute approximate surface area is 178 Å². The van der Waals surface area contributed by atoms with Gasteiger partial charge in [0.25, 0.3) is 5.91 Å². The highest BCUT2D eigenvalue weighted by atomic mass is 35.5. The minimum absolute atomic E-state index is 0.0311. The lowest BCUT2D eigenvalue weighted by molar-refractivity contribution is -0.151. The van der Waals surface area contributed by atoms with E-state index in [1.54, 1.807) is 0 Å².